The van der Waals surface area contributed by atoms with Crippen LogP contribution in [0.3, 0.4) is 0 Å². The summed E-state index contributed by atoms with van der Waals surface area (Å²) in [4.78, 5) is 35.7. The predicted molar refractivity (Wildman–Crippen MR) is 88.8 cm³/mol. The Morgan fingerprint density at radius 3 is 2.44 bits per heavy atom. The van der Waals surface area contributed by atoms with Crippen LogP contribution in [0.4, 0.5) is 0 Å². The number of benzene rings is 1. The lowest BCUT2D eigenvalue weighted by molar-refractivity contribution is -0.147. The van der Waals surface area contributed by atoms with E-state index in [0.717, 1.165) is 0 Å². The Labute approximate surface area is 148 Å². The Hall–Kier alpha value is -2.32. The van der Waals surface area contributed by atoms with Crippen molar-refractivity contribution in [3.05, 3.63) is 47.7 Å². The predicted octanol–water partition coefficient (Wildman–Crippen LogP) is 1.69. The summed E-state index contributed by atoms with van der Waals surface area (Å²) in [6.45, 7) is 3.27. The van der Waals surface area contributed by atoms with Crippen LogP contribution in [0.15, 0.2) is 36.5 Å². The number of carbonyl (C=O) groups is 3. The van der Waals surface area contributed by atoms with Crippen molar-refractivity contribution in [2.24, 2.45) is 5.92 Å². The van der Waals surface area contributed by atoms with Crippen LogP contribution in [0.5, 0.6) is 0 Å². The average Bonchev–Trinajstić information content (AvgIpc) is 2.56. The largest absolute Gasteiger partial charge is 0.755 e. The molecule has 0 aromatic heterocycles. The summed E-state index contributed by atoms with van der Waals surface area (Å²) in [6, 6.07) is 6.66. The van der Waals surface area contributed by atoms with E-state index in [-0.39, 0.29) is 18.8 Å². The standard InChI is InChI=1S/C17H19NO6S/c1-3-24-16(20)10-15-14(8-9-18(17(15)21)25(22)23)13-6-4-12(5-7-13)11(2)19/h4-9,14-15H,3,10H2,1-2H3,(H,22,23)/p-1/t14-,15+/m1/s1. The smallest absolute Gasteiger partial charge is 0.306 e. The molecule has 1 aliphatic heterocycles. The Bertz CT molecular complexity index is 727. The average molecular weight is 364 g/mol. The number of hydrogen-bond donors (Lipinski definition) is 0. The number of Topliss-reactive ketones (excluding diaryl/α,β-unsaturated/α-hetero) is 1. The molecule has 1 aromatic rings. The molecule has 0 aliphatic carbocycles. The number of ether oxygens (including phenoxy) is 1. The molecule has 7 nitrogen and oxygen atoms in total. The van der Waals surface area contributed by atoms with Gasteiger partial charge in [0, 0.05) is 17.7 Å². The van der Waals surface area contributed by atoms with Gasteiger partial charge in [-0.05, 0) is 19.4 Å². The molecule has 1 aliphatic rings. The second-order valence-electron chi connectivity index (χ2n) is 5.54. The van der Waals surface area contributed by atoms with Crippen LogP contribution in [0.25, 0.3) is 0 Å². The van der Waals surface area contributed by atoms with E-state index in [4.69, 9.17) is 4.74 Å². The SMILES string of the molecule is CCOC(=O)C[C@@H]1C(=O)N(S(=O)[O-])C=C[C@@H]1c1ccc(C(C)=O)cc1. The van der Waals surface area contributed by atoms with Crippen LogP contribution in [0.1, 0.15) is 42.1 Å². The van der Waals surface area contributed by atoms with Crippen molar-refractivity contribution in [1.29, 1.82) is 0 Å². The quantitative estimate of drug-likeness (QED) is 0.432. The molecule has 1 amide bonds. The zero-order chi connectivity index (χ0) is 18.6. The van der Waals surface area contributed by atoms with E-state index in [9.17, 15) is 23.1 Å². The molecule has 0 N–H and O–H groups in total. The summed E-state index contributed by atoms with van der Waals surface area (Å²) >= 11 is -2.75. The van der Waals surface area contributed by atoms with Gasteiger partial charge in [0.2, 0.25) is 5.91 Å². The maximum atomic E-state index is 12.5. The van der Waals surface area contributed by atoms with Crippen molar-refractivity contribution in [1.82, 2.24) is 4.31 Å². The van der Waals surface area contributed by atoms with Gasteiger partial charge in [0.05, 0.1) is 30.2 Å². The summed E-state index contributed by atoms with van der Waals surface area (Å²) in [5.41, 5.74) is 1.24. The highest BCUT2D eigenvalue weighted by Gasteiger charge is 2.36. The minimum absolute atomic E-state index is 0.0854. The highest BCUT2D eigenvalue weighted by molar-refractivity contribution is 7.77. The molecule has 8 heteroatoms. The molecule has 0 radical (unpaired) electrons. The molecule has 1 aromatic carbocycles. The second-order valence-corrected chi connectivity index (χ2v) is 6.37. The Morgan fingerprint density at radius 2 is 1.92 bits per heavy atom. The van der Waals surface area contributed by atoms with Gasteiger partial charge in [-0.25, -0.2) is 4.31 Å². The fraction of sp³-hybridized carbons (Fsp3) is 0.353. The molecule has 0 bridgehead atoms. The number of hydrogen-bond acceptors (Lipinski definition) is 6. The van der Waals surface area contributed by atoms with Gasteiger partial charge < -0.3 is 9.29 Å². The minimum Gasteiger partial charge on any atom is -0.755 e. The molecule has 0 spiro atoms. The van der Waals surface area contributed by atoms with Crippen LogP contribution in [0.2, 0.25) is 0 Å². The van der Waals surface area contributed by atoms with E-state index >= 15 is 0 Å². The van der Waals surface area contributed by atoms with Gasteiger partial charge >= 0.3 is 5.97 Å². The summed E-state index contributed by atoms with van der Waals surface area (Å²) in [6.07, 6.45) is 2.50. The summed E-state index contributed by atoms with van der Waals surface area (Å²) in [5.74, 6) is -2.73. The van der Waals surface area contributed by atoms with E-state index in [1.165, 1.54) is 13.1 Å². The van der Waals surface area contributed by atoms with Crippen molar-refractivity contribution in [3.63, 3.8) is 0 Å². The first-order chi connectivity index (χ1) is 11.8. The molecule has 25 heavy (non-hydrogen) atoms. The van der Waals surface area contributed by atoms with E-state index in [0.29, 0.717) is 15.4 Å². The van der Waals surface area contributed by atoms with Crippen LogP contribution >= 0.6 is 0 Å². The Balaban J connectivity index is 2.35. The highest BCUT2D eigenvalue weighted by Crippen LogP contribution is 2.34. The van der Waals surface area contributed by atoms with Crippen molar-refractivity contribution in [2.45, 2.75) is 26.2 Å². The molecule has 0 saturated heterocycles. The van der Waals surface area contributed by atoms with E-state index in [1.54, 1.807) is 37.3 Å². The zero-order valence-electron chi connectivity index (χ0n) is 13.8. The van der Waals surface area contributed by atoms with Gasteiger partial charge in [0.25, 0.3) is 0 Å². The number of esters is 1. The highest BCUT2D eigenvalue weighted by atomic mass is 32.2. The molecule has 134 valence electrons. The third-order valence-electron chi connectivity index (χ3n) is 3.95. The summed E-state index contributed by atoms with van der Waals surface area (Å²) in [5, 5.41) is 0. The van der Waals surface area contributed by atoms with Crippen LogP contribution in [-0.2, 0) is 25.6 Å². The molecular weight excluding hydrogens is 346 g/mol. The number of amides is 1. The van der Waals surface area contributed by atoms with Gasteiger partial charge in [-0.1, -0.05) is 30.3 Å². The van der Waals surface area contributed by atoms with Crippen LogP contribution in [0, 0.1) is 5.92 Å². The Morgan fingerprint density at radius 1 is 1.28 bits per heavy atom. The summed E-state index contributed by atoms with van der Waals surface area (Å²) in [7, 11) is 0. The van der Waals surface area contributed by atoms with Crippen molar-refractivity contribution < 1.29 is 27.9 Å². The lowest BCUT2D eigenvalue weighted by Crippen LogP contribution is -2.40. The first kappa shape index (κ1) is 19.0. The van der Waals surface area contributed by atoms with Gasteiger partial charge in [0.1, 0.15) is 0 Å². The van der Waals surface area contributed by atoms with Crippen molar-refractivity contribution in [2.75, 3.05) is 6.61 Å². The monoisotopic (exact) mass is 364 g/mol. The maximum absolute atomic E-state index is 12.5. The fourth-order valence-corrected chi connectivity index (χ4v) is 3.17. The second kappa shape index (κ2) is 8.17. The summed E-state index contributed by atoms with van der Waals surface area (Å²) < 4.78 is 27.8. The molecule has 2 rings (SSSR count). The number of ketones is 1. The van der Waals surface area contributed by atoms with Gasteiger partial charge in [-0.3, -0.25) is 18.6 Å². The first-order valence-corrected chi connectivity index (χ1v) is 8.75. The topological polar surface area (TPSA) is 104 Å². The van der Waals surface area contributed by atoms with Gasteiger partial charge in [0.15, 0.2) is 5.78 Å². The Kier molecular flexibility index (Phi) is 6.22. The molecule has 1 heterocycles. The molecular formula is C17H18NO6S-. The fourth-order valence-electron chi connectivity index (χ4n) is 2.72. The molecule has 0 fully saturated rings. The van der Waals surface area contributed by atoms with Crippen molar-refractivity contribution >= 4 is 28.9 Å². The zero-order valence-corrected chi connectivity index (χ0v) is 14.7. The van der Waals surface area contributed by atoms with Gasteiger partial charge in [-0.2, -0.15) is 0 Å². The van der Waals surface area contributed by atoms with Crippen LogP contribution in [-0.4, -0.2) is 37.3 Å². The van der Waals surface area contributed by atoms with E-state index in [2.05, 4.69) is 0 Å². The van der Waals surface area contributed by atoms with E-state index in [1.807, 2.05) is 0 Å². The van der Waals surface area contributed by atoms with Gasteiger partial charge in [-0.15, -0.1) is 0 Å². The maximum Gasteiger partial charge on any atom is 0.306 e. The van der Waals surface area contributed by atoms with E-state index < -0.39 is 35.0 Å². The third kappa shape index (κ3) is 4.40. The number of carbonyl (C=O) groups excluding carboxylic acids is 3. The lowest BCUT2D eigenvalue weighted by Gasteiger charge is -2.33. The minimum atomic E-state index is -2.75. The molecule has 3 atom stereocenters. The molecule has 0 saturated carbocycles. The molecule has 1 unspecified atom stereocenters. The normalized spacial score (nSPS) is 21.1. The number of nitrogens with zero attached hydrogens (tertiary/aromatic N) is 1. The number of rotatable bonds is 6. The number of allylic oxidation sites excluding steroid dienone is 1. The lowest BCUT2D eigenvalue weighted by atomic mass is 9.81. The van der Waals surface area contributed by atoms with Crippen molar-refractivity contribution in [3.8, 4) is 0 Å². The third-order valence-corrected chi connectivity index (χ3v) is 4.57. The first-order valence-electron chi connectivity index (χ1n) is 7.72. The van der Waals surface area contributed by atoms with Crippen LogP contribution < -0.4 is 0 Å².